The van der Waals surface area contributed by atoms with Gasteiger partial charge in [0, 0.05) is 16.1 Å². The molecule has 4 aromatic carbocycles. The van der Waals surface area contributed by atoms with Crippen molar-refractivity contribution in [3.63, 3.8) is 0 Å². The Bertz CT molecular complexity index is 1630. The Kier molecular flexibility index (Phi) is 7.44. The van der Waals surface area contributed by atoms with Gasteiger partial charge in [0.25, 0.3) is 5.91 Å². The second-order valence-corrected chi connectivity index (χ2v) is 13.4. The number of rotatable bonds is 4. The van der Waals surface area contributed by atoms with E-state index in [1.54, 1.807) is 54.6 Å². The van der Waals surface area contributed by atoms with Crippen LogP contribution in [0.5, 0.6) is 11.5 Å². The molecule has 0 unspecified atom stereocenters. The fraction of sp³-hybridized carbons (Fsp3) is 0.278. The van der Waals surface area contributed by atoms with Crippen LogP contribution in [0, 0.1) is 0 Å². The van der Waals surface area contributed by atoms with E-state index in [0.29, 0.717) is 21.9 Å². The van der Waals surface area contributed by atoms with E-state index in [4.69, 9.17) is 16.3 Å². The minimum absolute atomic E-state index is 0.229. The molecule has 216 valence electrons. The lowest BCUT2D eigenvalue weighted by atomic mass is 9.67. The summed E-state index contributed by atoms with van der Waals surface area (Å²) < 4.78 is 6.00. The topological polar surface area (TPSA) is 75.6 Å². The quantitative estimate of drug-likeness (QED) is 0.189. The summed E-state index contributed by atoms with van der Waals surface area (Å²) in [5.74, 6) is -1.12. The van der Waals surface area contributed by atoms with Crippen molar-refractivity contribution >= 4 is 23.5 Å². The highest BCUT2D eigenvalue weighted by molar-refractivity contribution is 6.30. The number of carbonyl (C=O) groups excluding carboxylic acids is 2. The SMILES string of the molecule is CC(C)(C)c1cc([C@@H]2c3ccccc3OC(=O)[C@]2(NC(=O)c2ccccc2)c2cccc(Cl)c2)cc(C(C)(C)C)c1O. The normalized spacial score (nSPS) is 18.6. The number of fused-ring (bicyclic) bond motifs is 1. The first-order valence-electron chi connectivity index (χ1n) is 14.1. The van der Waals surface area contributed by atoms with Crippen LogP contribution in [0.4, 0.5) is 0 Å². The van der Waals surface area contributed by atoms with Crippen molar-refractivity contribution in [1.82, 2.24) is 5.32 Å². The predicted octanol–water partition coefficient (Wildman–Crippen LogP) is 8.02. The van der Waals surface area contributed by atoms with Crippen LogP contribution in [0.2, 0.25) is 5.02 Å². The second kappa shape index (κ2) is 10.6. The van der Waals surface area contributed by atoms with Crippen molar-refractivity contribution in [2.75, 3.05) is 0 Å². The fourth-order valence-electron chi connectivity index (χ4n) is 5.79. The molecule has 2 N–H and O–H groups in total. The van der Waals surface area contributed by atoms with Gasteiger partial charge in [-0.25, -0.2) is 4.79 Å². The largest absolute Gasteiger partial charge is 0.507 e. The van der Waals surface area contributed by atoms with Crippen LogP contribution in [0.3, 0.4) is 0 Å². The number of hydrogen-bond acceptors (Lipinski definition) is 4. The van der Waals surface area contributed by atoms with Crippen molar-refractivity contribution in [2.24, 2.45) is 0 Å². The zero-order valence-electron chi connectivity index (χ0n) is 24.8. The molecule has 5 rings (SSSR count). The van der Waals surface area contributed by atoms with Crippen LogP contribution in [0.25, 0.3) is 0 Å². The average molecular weight is 582 g/mol. The maximum atomic E-state index is 14.4. The molecule has 0 saturated heterocycles. The van der Waals surface area contributed by atoms with Gasteiger partial charge in [0.05, 0.1) is 5.92 Å². The molecule has 0 radical (unpaired) electrons. The maximum absolute atomic E-state index is 14.4. The Balaban J connectivity index is 1.89. The van der Waals surface area contributed by atoms with Crippen molar-refractivity contribution in [3.8, 4) is 11.5 Å². The third-order valence-electron chi connectivity index (χ3n) is 7.90. The van der Waals surface area contributed by atoms with Crippen LogP contribution >= 0.6 is 11.6 Å². The summed E-state index contributed by atoms with van der Waals surface area (Å²) in [5.41, 5.74) is 1.37. The number of nitrogens with one attached hydrogen (secondary N) is 1. The Labute approximate surface area is 252 Å². The van der Waals surface area contributed by atoms with Crippen LogP contribution in [-0.2, 0) is 21.2 Å². The Morgan fingerprint density at radius 3 is 2.02 bits per heavy atom. The zero-order valence-corrected chi connectivity index (χ0v) is 25.5. The summed E-state index contributed by atoms with van der Waals surface area (Å²) in [6.45, 7) is 12.3. The Morgan fingerprint density at radius 2 is 1.43 bits per heavy atom. The van der Waals surface area contributed by atoms with Crippen molar-refractivity contribution < 1.29 is 19.4 Å². The van der Waals surface area contributed by atoms with Crippen molar-refractivity contribution in [1.29, 1.82) is 0 Å². The highest BCUT2D eigenvalue weighted by Gasteiger charge is 2.55. The fourth-order valence-corrected chi connectivity index (χ4v) is 5.98. The summed E-state index contributed by atoms with van der Waals surface area (Å²) >= 11 is 6.51. The molecule has 1 aliphatic heterocycles. The van der Waals surface area contributed by atoms with Gasteiger partial charge in [0.1, 0.15) is 11.5 Å². The average Bonchev–Trinajstić information content (AvgIpc) is 2.93. The number of benzene rings is 4. The standard InChI is InChI=1S/C36H36ClNO4/c1-34(2,3)27-19-23(20-28(31(27)39)35(4,5)6)30-26-17-10-11-18-29(26)42-33(41)36(30,24-15-12-16-25(37)21-24)38-32(40)22-13-8-7-9-14-22/h7-21,30,39H,1-6H3,(H,38,40)/t30-,36+/m1/s1. The van der Waals surface area contributed by atoms with E-state index in [2.05, 4.69) is 5.32 Å². The number of carbonyl (C=O) groups is 2. The van der Waals surface area contributed by atoms with E-state index < -0.39 is 34.2 Å². The molecule has 1 aliphatic rings. The smallest absolute Gasteiger partial charge is 0.343 e. The number of esters is 1. The first-order chi connectivity index (χ1) is 19.7. The van der Waals surface area contributed by atoms with Crippen LogP contribution in [0.15, 0.2) is 91.0 Å². The van der Waals surface area contributed by atoms with Crippen LogP contribution < -0.4 is 10.1 Å². The first kappa shape index (κ1) is 29.4. The molecule has 0 aromatic heterocycles. The highest BCUT2D eigenvalue weighted by atomic mass is 35.5. The molecular weight excluding hydrogens is 546 g/mol. The van der Waals surface area contributed by atoms with Gasteiger partial charge in [-0.2, -0.15) is 0 Å². The third kappa shape index (κ3) is 5.18. The molecule has 0 aliphatic carbocycles. The molecule has 0 bridgehead atoms. The lowest BCUT2D eigenvalue weighted by Crippen LogP contribution is -2.59. The van der Waals surface area contributed by atoms with Gasteiger partial charge >= 0.3 is 5.97 Å². The molecule has 1 heterocycles. The summed E-state index contributed by atoms with van der Waals surface area (Å²) in [5, 5.41) is 15.1. The number of ether oxygens (including phenoxy) is 1. The van der Waals surface area contributed by atoms with E-state index in [9.17, 15) is 14.7 Å². The van der Waals surface area contributed by atoms with E-state index in [1.165, 1.54) is 0 Å². The molecule has 0 saturated carbocycles. The number of para-hydroxylation sites is 1. The summed E-state index contributed by atoms with van der Waals surface area (Å²) in [4.78, 5) is 28.4. The number of phenolic OH excluding ortho intramolecular Hbond substituents is 1. The van der Waals surface area contributed by atoms with Gasteiger partial charge in [-0.1, -0.05) is 114 Å². The summed E-state index contributed by atoms with van der Waals surface area (Å²) in [6, 6.07) is 27.1. The van der Waals surface area contributed by atoms with Gasteiger partial charge in [0.15, 0.2) is 5.54 Å². The summed E-state index contributed by atoms with van der Waals surface area (Å²) in [6.07, 6.45) is 0. The molecule has 1 amide bonds. The molecular formula is C36H36ClNO4. The predicted molar refractivity (Wildman–Crippen MR) is 166 cm³/mol. The molecule has 4 aromatic rings. The first-order valence-corrected chi connectivity index (χ1v) is 14.4. The maximum Gasteiger partial charge on any atom is 0.343 e. The molecule has 0 spiro atoms. The van der Waals surface area contributed by atoms with Gasteiger partial charge in [-0.3, -0.25) is 4.79 Å². The van der Waals surface area contributed by atoms with Gasteiger partial charge < -0.3 is 15.2 Å². The molecule has 2 atom stereocenters. The van der Waals surface area contributed by atoms with E-state index in [0.717, 1.165) is 22.3 Å². The third-order valence-corrected chi connectivity index (χ3v) is 8.13. The number of halogens is 1. The minimum atomic E-state index is -1.69. The lowest BCUT2D eigenvalue weighted by molar-refractivity contribution is -0.144. The van der Waals surface area contributed by atoms with Crippen molar-refractivity contribution in [2.45, 2.75) is 63.8 Å². The molecule has 42 heavy (non-hydrogen) atoms. The van der Waals surface area contributed by atoms with E-state index >= 15 is 0 Å². The van der Waals surface area contributed by atoms with E-state index in [-0.39, 0.29) is 5.75 Å². The molecule has 5 nitrogen and oxygen atoms in total. The van der Waals surface area contributed by atoms with Gasteiger partial charge in [-0.05, 0) is 63.4 Å². The number of amides is 1. The molecule has 0 fully saturated rings. The van der Waals surface area contributed by atoms with Gasteiger partial charge in [0.2, 0.25) is 0 Å². The van der Waals surface area contributed by atoms with Crippen LogP contribution in [-0.4, -0.2) is 17.0 Å². The highest BCUT2D eigenvalue weighted by Crippen LogP contribution is 2.52. The number of aromatic hydroxyl groups is 1. The Morgan fingerprint density at radius 1 is 0.833 bits per heavy atom. The lowest BCUT2D eigenvalue weighted by Gasteiger charge is -2.44. The second-order valence-electron chi connectivity index (χ2n) is 13.0. The Hall–Kier alpha value is -4.09. The zero-order chi connectivity index (χ0) is 30.4. The van der Waals surface area contributed by atoms with Crippen molar-refractivity contribution in [3.05, 3.63) is 129 Å². The number of hydrogen-bond donors (Lipinski definition) is 2. The number of phenols is 1. The van der Waals surface area contributed by atoms with Gasteiger partial charge in [-0.15, -0.1) is 0 Å². The van der Waals surface area contributed by atoms with E-state index in [1.807, 2.05) is 77.9 Å². The van der Waals surface area contributed by atoms with Crippen LogP contribution in [0.1, 0.15) is 85.6 Å². The monoisotopic (exact) mass is 581 g/mol. The minimum Gasteiger partial charge on any atom is -0.507 e. The summed E-state index contributed by atoms with van der Waals surface area (Å²) in [7, 11) is 0. The molecule has 6 heteroatoms.